The van der Waals surface area contributed by atoms with Crippen molar-refractivity contribution in [2.24, 2.45) is 0 Å². The van der Waals surface area contributed by atoms with Crippen molar-refractivity contribution in [1.82, 2.24) is 0 Å². The number of anilines is 2. The van der Waals surface area contributed by atoms with Crippen LogP contribution in [-0.2, 0) is 9.59 Å². The molecule has 0 radical (unpaired) electrons. The van der Waals surface area contributed by atoms with Crippen molar-refractivity contribution in [1.29, 1.82) is 5.26 Å². The summed E-state index contributed by atoms with van der Waals surface area (Å²) in [7, 11) is 0. The molecule has 3 rings (SSSR count). The lowest BCUT2D eigenvalue weighted by atomic mass is 9.97. The fourth-order valence-corrected chi connectivity index (χ4v) is 2.54. The van der Waals surface area contributed by atoms with Gasteiger partial charge in [0.2, 0.25) is 11.8 Å². The number of fused-ring (bicyclic) bond motifs is 1. The molecule has 1 heterocycles. The van der Waals surface area contributed by atoms with Gasteiger partial charge in [-0.25, -0.2) is 0 Å². The maximum Gasteiger partial charge on any atom is 0.232 e. The number of hydrogen-bond donors (Lipinski definition) is 2. The van der Waals surface area contributed by atoms with Gasteiger partial charge < -0.3 is 10.6 Å². The van der Waals surface area contributed by atoms with Crippen LogP contribution < -0.4 is 10.6 Å². The van der Waals surface area contributed by atoms with Gasteiger partial charge in [-0.15, -0.1) is 0 Å². The number of benzene rings is 2. The molecule has 0 saturated heterocycles. The van der Waals surface area contributed by atoms with E-state index in [1.54, 1.807) is 24.3 Å². The van der Waals surface area contributed by atoms with Crippen LogP contribution in [0, 0.1) is 11.3 Å². The minimum absolute atomic E-state index is 0.0691. The van der Waals surface area contributed by atoms with E-state index in [9.17, 15) is 9.59 Å². The van der Waals surface area contributed by atoms with E-state index in [2.05, 4.69) is 10.6 Å². The minimum Gasteiger partial charge on any atom is -0.326 e. The monoisotopic (exact) mass is 291 g/mol. The number of carbonyl (C=O) groups is 2. The Kier molecular flexibility index (Phi) is 3.58. The third kappa shape index (κ3) is 2.67. The molecule has 108 valence electrons. The molecule has 5 heteroatoms. The Morgan fingerprint density at radius 3 is 2.86 bits per heavy atom. The third-order valence-corrected chi connectivity index (χ3v) is 3.58. The first-order chi connectivity index (χ1) is 10.7. The highest BCUT2D eigenvalue weighted by molar-refractivity contribution is 6.06. The maximum absolute atomic E-state index is 12.1. The van der Waals surface area contributed by atoms with E-state index < -0.39 is 5.92 Å². The highest BCUT2D eigenvalue weighted by atomic mass is 16.2. The molecule has 1 unspecified atom stereocenters. The second-order valence-corrected chi connectivity index (χ2v) is 5.07. The van der Waals surface area contributed by atoms with E-state index in [4.69, 9.17) is 5.26 Å². The molecule has 0 bridgehead atoms. The Morgan fingerprint density at radius 1 is 1.23 bits per heavy atom. The molecule has 1 atom stereocenters. The average Bonchev–Trinajstić information content (AvgIpc) is 2.83. The van der Waals surface area contributed by atoms with Crippen molar-refractivity contribution in [3.05, 3.63) is 59.7 Å². The zero-order chi connectivity index (χ0) is 15.5. The Labute approximate surface area is 127 Å². The van der Waals surface area contributed by atoms with Crippen molar-refractivity contribution >= 4 is 23.2 Å². The summed E-state index contributed by atoms with van der Waals surface area (Å²) in [6.45, 7) is 0. The first-order valence-electron chi connectivity index (χ1n) is 6.87. The molecule has 0 fully saturated rings. The van der Waals surface area contributed by atoms with Gasteiger partial charge in [0.15, 0.2) is 0 Å². The molecule has 2 aromatic carbocycles. The van der Waals surface area contributed by atoms with Gasteiger partial charge in [0.1, 0.15) is 0 Å². The quantitative estimate of drug-likeness (QED) is 0.912. The smallest absolute Gasteiger partial charge is 0.232 e. The van der Waals surface area contributed by atoms with Crippen LogP contribution in [0.15, 0.2) is 48.5 Å². The average molecular weight is 291 g/mol. The van der Waals surface area contributed by atoms with Crippen molar-refractivity contribution in [3.63, 3.8) is 0 Å². The van der Waals surface area contributed by atoms with E-state index in [0.29, 0.717) is 11.3 Å². The zero-order valence-corrected chi connectivity index (χ0v) is 11.7. The minimum atomic E-state index is -0.477. The lowest BCUT2D eigenvalue weighted by molar-refractivity contribution is -0.122. The summed E-state index contributed by atoms with van der Waals surface area (Å²) in [5, 5.41) is 14.4. The molecule has 1 aliphatic heterocycles. The second-order valence-electron chi connectivity index (χ2n) is 5.07. The molecule has 1 aliphatic rings. The SMILES string of the molecule is N#Cc1cccc(NC(=O)CC2C(=O)Nc3ccccc32)c1. The van der Waals surface area contributed by atoms with Crippen LogP contribution in [0.3, 0.4) is 0 Å². The lowest BCUT2D eigenvalue weighted by Gasteiger charge is -2.09. The van der Waals surface area contributed by atoms with Gasteiger partial charge in [-0.05, 0) is 29.8 Å². The van der Waals surface area contributed by atoms with Crippen molar-refractivity contribution in [2.45, 2.75) is 12.3 Å². The fourth-order valence-electron chi connectivity index (χ4n) is 2.54. The van der Waals surface area contributed by atoms with Gasteiger partial charge in [0.05, 0.1) is 17.6 Å². The largest absolute Gasteiger partial charge is 0.326 e. The van der Waals surface area contributed by atoms with Crippen LogP contribution in [0.5, 0.6) is 0 Å². The van der Waals surface area contributed by atoms with E-state index in [1.807, 2.05) is 30.3 Å². The molecule has 2 N–H and O–H groups in total. The van der Waals surface area contributed by atoms with E-state index in [0.717, 1.165) is 11.3 Å². The van der Waals surface area contributed by atoms with Gasteiger partial charge >= 0.3 is 0 Å². The number of carbonyl (C=O) groups excluding carboxylic acids is 2. The number of rotatable bonds is 3. The Hall–Kier alpha value is -3.13. The normalized spacial score (nSPS) is 15.6. The van der Waals surface area contributed by atoms with Crippen LogP contribution >= 0.6 is 0 Å². The molecular weight excluding hydrogens is 278 g/mol. The summed E-state index contributed by atoms with van der Waals surface area (Å²) in [4.78, 5) is 24.1. The summed E-state index contributed by atoms with van der Waals surface area (Å²) in [5.74, 6) is -0.899. The molecule has 0 aromatic heterocycles. The molecule has 0 aliphatic carbocycles. The predicted molar refractivity (Wildman–Crippen MR) is 82.2 cm³/mol. The van der Waals surface area contributed by atoms with Gasteiger partial charge in [-0.1, -0.05) is 24.3 Å². The highest BCUT2D eigenvalue weighted by Crippen LogP contribution is 2.34. The molecule has 0 spiro atoms. The van der Waals surface area contributed by atoms with Crippen LogP contribution in [0.25, 0.3) is 0 Å². The number of para-hydroxylation sites is 1. The second kappa shape index (κ2) is 5.70. The van der Waals surface area contributed by atoms with E-state index in [-0.39, 0.29) is 18.2 Å². The topological polar surface area (TPSA) is 82.0 Å². The Balaban J connectivity index is 1.72. The number of amides is 2. The molecule has 22 heavy (non-hydrogen) atoms. The van der Waals surface area contributed by atoms with Crippen molar-refractivity contribution < 1.29 is 9.59 Å². The summed E-state index contributed by atoms with van der Waals surface area (Å²) in [6, 6.07) is 16.0. The van der Waals surface area contributed by atoms with Crippen LogP contribution in [0.2, 0.25) is 0 Å². The number of nitrogens with one attached hydrogen (secondary N) is 2. The number of hydrogen-bond acceptors (Lipinski definition) is 3. The Morgan fingerprint density at radius 2 is 2.05 bits per heavy atom. The summed E-state index contributed by atoms with van der Waals surface area (Å²) < 4.78 is 0. The standard InChI is InChI=1S/C17H13N3O2/c18-10-11-4-3-5-12(8-11)19-16(21)9-14-13-6-1-2-7-15(13)20-17(14)22/h1-8,14H,9H2,(H,19,21)(H,20,22). The Bertz CT molecular complexity index is 792. The van der Waals surface area contributed by atoms with Crippen LogP contribution in [0.4, 0.5) is 11.4 Å². The predicted octanol–water partition coefficient (Wildman–Crippen LogP) is 2.62. The van der Waals surface area contributed by atoms with Crippen molar-refractivity contribution in [3.8, 4) is 6.07 Å². The maximum atomic E-state index is 12.1. The highest BCUT2D eigenvalue weighted by Gasteiger charge is 2.31. The van der Waals surface area contributed by atoms with E-state index >= 15 is 0 Å². The number of nitrogens with zero attached hydrogens (tertiary/aromatic N) is 1. The fraction of sp³-hybridized carbons (Fsp3) is 0.118. The summed E-state index contributed by atoms with van der Waals surface area (Å²) >= 11 is 0. The van der Waals surface area contributed by atoms with Gasteiger partial charge in [0, 0.05) is 17.8 Å². The first kappa shape index (κ1) is 13.8. The third-order valence-electron chi connectivity index (χ3n) is 3.58. The number of nitriles is 1. The molecule has 2 aromatic rings. The summed E-state index contributed by atoms with van der Waals surface area (Å²) in [5.41, 5.74) is 2.63. The summed E-state index contributed by atoms with van der Waals surface area (Å²) in [6.07, 6.45) is 0.0691. The molecular formula is C17H13N3O2. The van der Waals surface area contributed by atoms with Gasteiger partial charge in [-0.2, -0.15) is 5.26 Å². The van der Waals surface area contributed by atoms with Gasteiger partial charge in [-0.3, -0.25) is 9.59 Å². The van der Waals surface area contributed by atoms with Crippen LogP contribution in [-0.4, -0.2) is 11.8 Å². The molecule has 5 nitrogen and oxygen atoms in total. The molecule has 0 saturated carbocycles. The van der Waals surface area contributed by atoms with Crippen molar-refractivity contribution in [2.75, 3.05) is 10.6 Å². The molecule has 2 amide bonds. The first-order valence-corrected chi connectivity index (χ1v) is 6.87. The van der Waals surface area contributed by atoms with Crippen LogP contribution in [0.1, 0.15) is 23.5 Å². The van der Waals surface area contributed by atoms with E-state index in [1.165, 1.54) is 0 Å². The lowest BCUT2D eigenvalue weighted by Crippen LogP contribution is -2.20. The zero-order valence-electron chi connectivity index (χ0n) is 11.7. The van der Waals surface area contributed by atoms with Gasteiger partial charge in [0.25, 0.3) is 0 Å².